The molecule has 7 heteroatoms. The first kappa shape index (κ1) is 14.0. The Morgan fingerprint density at radius 1 is 1.30 bits per heavy atom. The van der Waals surface area contributed by atoms with Crippen molar-refractivity contribution in [3.63, 3.8) is 0 Å². The summed E-state index contributed by atoms with van der Waals surface area (Å²) in [5.74, 6) is 0.619. The third kappa shape index (κ3) is 2.73. The standard InChI is InChI=1S/C13H11ClN2O2S2/c14-8-1-3-9(4-2-8)16-11(17)7-10(12(16)18)20-13-15-5-6-19-13/h1-4,10H,5-7H2/t10-/m0/s1. The van der Waals surface area contributed by atoms with Crippen molar-refractivity contribution in [2.24, 2.45) is 4.99 Å². The summed E-state index contributed by atoms with van der Waals surface area (Å²) in [4.78, 5) is 30.0. The van der Waals surface area contributed by atoms with Crippen LogP contribution in [0.2, 0.25) is 5.02 Å². The fourth-order valence-electron chi connectivity index (χ4n) is 2.07. The fourth-order valence-corrected chi connectivity index (χ4v) is 4.44. The van der Waals surface area contributed by atoms with Crippen molar-refractivity contribution in [3.05, 3.63) is 29.3 Å². The number of carbonyl (C=O) groups excluding carboxylic acids is 2. The average molecular weight is 327 g/mol. The molecule has 0 unspecified atom stereocenters. The Morgan fingerprint density at radius 3 is 2.70 bits per heavy atom. The van der Waals surface area contributed by atoms with Crippen LogP contribution in [0.15, 0.2) is 29.3 Å². The molecule has 1 aromatic rings. The van der Waals surface area contributed by atoms with Gasteiger partial charge in [-0.25, -0.2) is 4.90 Å². The number of benzene rings is 1. The molecule has 4 nitrogen and oxygen atoms in total. The van der Waals surface area contributed by atoms with Gasteiger partial charge < -0.3 is 0 Å². The van der Waals surface area contributed by atoms with Crippen LogP contribution in [0, 0.1) is 0 Å². The molecule has 0 aliphatic carbocycles. The number of amides is 2. The zero-order valence-electron chi connectivity index (χ0n) is 10.4. The number of rotatable bonds is 2. The normalized spacial score (nSPS) is 22.6. The maximum absolute atomic E-state index is 12.4. The number of hydrogen-bond donors (Lipinski definition) is 0. The lowest BCUT2D eigenvalue weighted by Gasteiger charge is -2.14. The Kier molecular flexibility index (Phi) is 4.05. The maximum Gasteiger partial charge on any atom is 0.247 e. The molecule has 1 fully saturated rings. The number of nitrogens with zero attached hydrogens (tertiary/aromatic N) is 2. The summed E-state index contributed by atoms with van der Waals surface area (Å²) in [6.45, 7) is 0.794. The van der Waals surface area contributed by atoms with E-state index >= 15 is 0 Å². The van der Waals surface area contributed by atoms with Gasteiger partial charge in [0.25, 0.3) is 0 Å². The van der Waals surface area contributed by atoms with Crippen LogP contribution < -0.4 is 4.90 Å². The zero-order chi connectivity index (χ0) is 14.1. The summed E-state index contributed by atoms with van der Waals surface area (Å²) >= 11 is 8.87. The highest BCUT2D eigenvalue weighted by Crippen LogP contribution is 2.34. The highest BCUT2D eigenvalue weighted by atomic mass is 35.5. The Balaban J connectivity index is 1.77. The molecule has 0 saturated carbocycles. The Morgan fingerprint density at radius 2 is 2.05 bits per heavy atom. The first-order chi connectivity index (χ1) is 9.65. The van der Waals surface area contributed by atoms with Crippen molar-refractivity contribution in [2.75, 3.05) is 17.2 Å². The molecule has 2 aliphatic heterocycles. The molecule has 2 aliphatic rings. The summed E-state index contributed by atoms with van der Waals surface area (Å²) < 4.78 is 0.911. The molecule has 0 spiro atoms. The van der Waals surface area contributed by atoms with Gasteiger partial charge in [-0.3, -0.25) is 14.6 Å². The predicted molar refractivity (Wildman–Crippen MR) is 84.7 cm³/mol. The lowest BCUT2D eigenvalue weighted by Crippen LogP contribution is -2.31. The van der Waals surface area contributed by atoms with E-state index in [2.05, 4.69) is 4.99 Å². The molecule has 0 N–H and O–H groups in total. The summed E-state index contributed by atoms with van der Waals surface area (Å²) in [6.07, 6.45) is 0.228. The number of halogens is 1. The molecule has 1 atom stereocenters. The van der Waals surface area contributed by atoms with Crippen molar-refractivity contribution >= 4 is 57.0 Å². The molecular weight excluding hydrogens is 316 g/mol. The molecule has 0 aromatic heterocycles. The minimum absolute atomic E-state index is 0.168. The third-order valence-electron chi connectivity index (χ3n) is 2.99. The third-order valence-corrected chi connectivity index (χ3v) is 5.63. The molecule has 0 radical (unpaired) electrons. The number of anilines is 1. The average Bonchev–Trinajstić information content (AvgIpc) is 3.02. The summed E-state index contributed by atoms with van der Waals surface area (Å²) in [5, 5.41) is 0.220. The van der Waals surface area contributed by atoms with Gasteiger partial charge in [-0.15, -0.1) is 0 Å². The van der Waals surface area contributed by atoms with Crippen molar-refractivity contribution in [3.8, 4) is 0 Å². The van der Waals surface area contributed by atoms with Crippen molar-refractivity contribution < 1.29 is 9.59 Å². The zero-order valence-corrected chi connectivity index (χ0v) is 12.8. The first-order valence-electron chi connectivity index (χ1n) is 6.11. The van der Waals surface area contributed by atoms with Gasteiger partial charge in [0.05, 0.1) is 12.2 Å². The smallest absolute Gasteiger partial charge is 0.247 e. The lowest BCUT2D eigenvalue weighted by atomic mass is 10.3. The second kappa shape index (κ2) is 5.79. The molecule has 104 valence electrons. The van der Waals surface area contributed by atoms with Gasteiger partial charge in [-0.1, -0.05) is 35.1 Å². The van der Waals surface area contributed by atoms with Gasteiger partial charge in [-0.2, -0.15) is 0 Å². The minimum atomic E-state index is -0.359. The number of hydrogen-bond acceptors (Lipinski definition) is 5. The van der Waals surface area contributed by atoms with Gasteiger partial charge in [-0.05, 0) is 24.3 Å². The van der Waals surface area contributed by atoms with E-state index in [4.69, 9.17) is 11.6 Å². The topological polar surface area (TPSA) is 49.7 Å². The van der Waals surface area contributed by atoms with E-state index in [9.17, 15) is 9.59 Å². The van der Waals surface area contributed by atoms with Crippen LogP contribution in [0.25, 0.3) is 0 Å². The lowest BCUT2D eigenvalue weighted by molar-refractivity contribution is -0.121. The number of aliphatic imine (C=N–C) groups is 1. The Bertz CT molecular complexity index is 589. The van der Waals surface area contributed by atoms with Gasteiger partial charge in [0.15, 0.2) is 0 Å². The van der Waals surface area contributed by atoms with Crippen molar-refractivity contribution in [1.29, 1.82) is 0 Å². The van der Waals surface area contributed by atoms with E-state index in [0.717, 1.165) is 16.7 Å². The molecule has 2 heterocycles. The van der Waals surface area contributed by atoms with Crippen molar-refractivity contribution in [1.82, 2.24) is 0 Å². The molecule has 1 aromatic carbocycles. The highest BCUT2D eigenvalue weighted by molar-refractivity contribution is 8.39. The molecule has 20 heavy (non-hydrogen) atoms. The summed E-state index contributed by atoms with van der Waals surface area (Å²) in [6, 6.07) is 6.73. The van der Waals surface area contributed by atoms with Crippen molar-refractivity contribution in [2.45, 2.75) is 11.7 Å². The van der Waals surface area contributed by atoms with Crippen LogP contribution in [0.3, 0.4) is 0 Å². The van der Waals surface area contributed by atoms with Crippen LogP contribution in [0.1, 0.15) is 6.42 Å². The van der Waals surface area contributed by atoms with Crippen LogP contribution in [0.5, 0.6) is 0 Å². The second-order valence-corrected chi connectivity index (χ2v) is 7.32. The molecular formula is C13H11ClN2O2S2. The Labute approximate surface area is 130 Å². The maximum atomic E-state index is 12.4. The van der Waals surface area contributed by atoms with Crippen LogP contribution in [0.4, 0.5) is 5.69 Å². The first-order valence-corrected chi connectivity index (χ1v) is 8.36. The van der Waals surface area contributed by atoms with E-state index in [0.29, 0.717) is 10.7 Å². The van der Waals surface area contributed by atoms with Gasteiger partial charge in [0.2, 0.25) is 11.8 Å². The Hall–Kier alpha value is -0.980. The highest BCUT2D eigenvalue weighted by Gasteiger charge is 2.40. The largest absolute Gasteiger partial charge is 0.274 e. The fraction of sp³-hybridized carbons (Fsp3) is 0.308. The quantitative estimate of drug-likeness (QED) is 0.784. The van der Waals surface area contributed by atoms with Gasteiger partial charge in [0.1, 0.15) is 9.63 Å². The molecule has 2 amide bonds. The van der Waals surface area contributed by atoms with Gasteiger partial charge in [0, 0.05) is 17.2 Å². The van der Waals surface area contributed by atoms with E-state index in [1.54, 1.807) is 36.0 Å². The molecule has 0 bridgehead atoms. The number of thioether (sulfide) groups is 2. The summed E-state index contributed by atoms with van der Waals surface area (Å²) in [5.41, 5.74) is 0.577. The molecule has 1 saturated heterocycles. The monoisotopic (exact) mass is 326 g/mol. The number of imide groups is 1. The molecule has 3 rings (SSSR count). The predicted octanol–water partition coefficient (Wildman–Crippen LogP) is 2.81. The van der Waals surface area contributed by atoms with E-state index in [-0.39, 0.29) is 23.5 Å². The van der Waals surface area contributed by atoms with E-state index in [1.165, 1.54) is 16.7 Å². The SMILES string of the molecule is O=C1C[C@H](SC2=NCCS2)C(=O)N1c1ccc(Cl)cc1. The minimum Gasteiger partial charge on any atom is -0.274 e. The second-order valence-electron chi connectivity index (χ2n) is 4.35. The summed E-state index contributed by atoms with van der Waals surface area (Å²) in [7, 11) is 0. The van der Waals surface area contributed by atoms with Crippen LogP contribution in [-0.4, -0.2) is 33.7 Å². The van der Waals surface area contributed by atoms with Crippen LogP contribution >= 0.6 is 35.1 Å². The number of carbonyl (C=O) groups is 2. The van der Waals surface area contributed by atoms with Gasteiger partial charge >= 0.3 is 0 Å². The van der Waals surface area contributed by atoms with E-state index in [1.807, 2.05) is 0 Å². The van der Waals surface area contributed by atoms with E-state index < -0.39 is 0 Å². The van der Waals surface area contributed by atoms with Crippen LogP contribution in [-0.2, 0) is 9.59 Å².